The van der Waals surface area contributed by atoms with E-state index in [-0.39, 0.29) is 36.3 Å². The minimum atomic E-state index is -1.13. The molecule has 1 heterocycles. The molecule has 0 atom stereocenters. The van der Waals surface area contributed by atoms with Crippen LogP contribution in [0.15, 0.2) is 42.5 Å². The van der Waals surface area contributed by atoms with E-state index in [0.29, 0.717) is 22.3 Å². The number of fused-ring (bicyclic) bond motifs is 2. The Labute approximate surface area is 173 Å². The maximum Gasteiger partial charge on any atom is 0.202 e. The van der Waals surface area contributed by atoms with Crippen LogP contribution in [-0.4, -0.2) is 6.67 Å². The molecule has 3 aromatic carbocycles. The summed E-state index contributed by atoms with van der Waals surface area (Å²) in [6.45, 7) is 1.53. The van der Waals surface area contributed by atoms with E-state index in [2.05, 4.69) is 6.92 Å². The number of aryl methyl sites for hydroxylation is 2. The average molecular weight is 414 g/mol. The Morgan fingerprint density at radius 3 is 2.27 bits per heavy atom. The molecule has 0 bridgehead atoms. The lowest BCUT2D eigenvalue weighted by Crippen LogP contribution is -2.10. The highest BCUT2D eigenvalue weighted by Crippen LogP contribution is 2.43. The summed E-state index contributed by atoms with van der Waals surface area (Å²) in [5.41, 5.74) is 3.19. The Bertz CT molecular complexity index is 1070. The smallest absolute Gasteiger partial charge is 0.202 e. The van der Waals surface area contributed by atoms with Crippen LogP contribution in [0.1, 0.15) is 42.0 Å². The van der Waals surface area contributed by atoms with Crippen LogP contribution in [0.25, 0.3) is 11.1 Å². The summed E-state index contributed by atoms with van der Waals surface area (Å²) >= 11 is 0. The molecule has 0 saturated heterocycles. The van der Waals surface area contributed by atoms with Gasteiger partial charge < -0.3 is 4.74 Å². The Morgan fingerprint density at radius 1 is 0.833 bits per heavy atom. The third-order valence-corrected chi connectivity index (χ3v) is 5.47. The van der Waals surface area contributed by atoms with Gasteiger partial charge in [0.05, 0.1) is 6.67 Å². The van der Waals surface area contributed by atoms with Crippen LogP contribution >= 0.6 is 0 Å². The fraction of sp³-hybridized carbons (Fsp3) is 0.280. The van der Waals surface area contributed by atoms with Crippen molar-refractivity contribution in [3.8, 4) is 22.6 Å². The van der Waals surface area contributed by atoms with Crippen LogP contribution in [0, 0.1) is 17.5 Å². The Hall–Kier alpha value is -2.82. The zero-order valence-corrected chi connectivity index (χ0v) is 16.7. The molecule has 0 N–H and O–H groups in total. The molecule has 0 aromatic heterocycles. The molecular weight excluding hydrogens is 392 g/mol. The van der Waals surface area contributed by atoms with Gasteiger partial charge in [-0.05, 0) is 42.0 Å². The zero-order chi connectivity index (χ0) is 21.3. The molecule has 0 fully saturated rings. The number of rotatable bonds is 6. The average Bonchev–Trinajstić information content (AvgIpc) is 2.76. The van der Waals surface area contributed by atoms with E-state index in [1.807, 2.05) is 12.1 Å². The van der Waals surface area contributed by atoms with E-state index in [4.69, 9.17) is 4.74 Å². The second-order valence-electron chi connectivity index (χ2n) is 7.59. The van der Waals surface area contributed by atoms with Crippen LogP contribution < -0.4 is 4.74 Å². The molecule has 4 rings (SSSR count). The van der Waals surface area contributed by atoms with Crippen molar-refractivity contribution in [2.24, 2.45) is 0 Å². The molecule has 0 aliphatic carbocycles. The lowest BCUT2D eigenvalue weighted by molar-refractivity contribution is 0.379. The molecule has 3 aromatic rings. The Kier molecular flexibility index (Phi) is 5.80. The predicted octanol–water partition coefficient (Wildman–Crippen LogP) is 7.32. The molecule has 1 aliphatic heterocycles. The second kappa shape index (κ2) is 8.50. The topological polar surface area (TPSA) is 9.23 Å². The maximum absolute atomic E-state index is 14.9. The molecule has 0 amide bonds. The van der Waals surface area contributed by atoms with Gasteiger partial charge >= 0.3 is 0 Å². The third kappa shape index (κ3) is 3.69. The van der Waals surface area contributed by atoms with Gasteiger partial charge in [0.1, 0.15) is 0 Å². The lowest BCUT2D eigenvalue weighted by atomic mass is 9.93. The number of hydrogen-bond donors (Lipinski definition) is 0. The first-order valence-electron chi connectivity index (χ1n) is 10.2. The molecule has 30 heavy (non-hydrogen) atoms. The van der Waals surface area contributed by atoms with Gasteiger partial charge in [0, 0.05) is 23.1 Å². The summed E-state index contributed by atoms with van der Waals surface area (Å²) in [6.07, 6.45) is 2.56. The van der Waals surface area contributed by atoms with Crippen molar-refractivity contribution >= 4 is 0 Å². The van der Waals surface area contributed by atoms with Gasteiger partial charge in [0.15, 0.2) is 23.1 Å². The summed E-state index contributed by atoms with van der Waals surface area (Å²) in [5.74, 6) is -3.17. The maximum atomic E-state index is 14.9. The van der Waals surface area contributed by atoms with Crippen LogP contribution in [0.5, 0.6) is 11.5 Å². The monoisotopic (exact) mass is 414 g/mol. The standard InChI is InChI=1S/C25H22F4O/c1-2-4-15-6-8-16(9-7-15)20-14-19-13-18-11-10-17(5-3-12-26)21(27)24(18)30-25(19)23(29)22(20)28/h6-11,14H,2-5,12-13H2,1H3. The number of ether oxygens (including phenoxy) is 1. The van der Waals surface area contributed by atoms with E-state index in [1.165, 1.54) is 0 Å². The van der Waals surface area contributed by atoms with Gasteiger partial charge in [-0.1, -0.05) is 49.7 Å². The minimum absolute atomic E-state index is 0.103. The van der Waals surface area contributed by atoms with E-state index in [9.17, 15) is 17.6 Å². The number of halogens is 4. The van der Waals surface area contributed by atoms with Gasteiger partial charge in [-0.3, -0.25) is 4.39 Å². The summed E-state index contributed by atoms with van der Waals surface area (Å²) < 4.78 is 62.5. The summed E-state index contributed by atoms with van der Waals surface area (Å²) in [5, 5.41) is 0. The first-order chi connectivity index (χ1) is 14.5. The van der Waals surface area contributed by atoms with E-state index in [1.54, 1.807) is 30.3 Å². The number of hydrogen-bond acceptors (Lipinski definition) is 1. The van der Waals surface area contributed by atoms with E-state index >= 15 is 0 Å². The first kappa shape index (κ1) is 20.5. The largest absolute Gasteiger partial charge is 0.450 e. The highest BCUT2D eigenvalue weighted by Gasteiger charge is 2.28. The SMILES string of the molecule is CCCc1ccc(-c2cc3c(c(F)c2F)Oc2c(ccc(CCCF)c2F)C3)cc1. The summed E-state index contributed by atoms with van der Waals surface area (Å²) in [7, 11) is 0. The molecule has 0 spiro atoms. The quantitative estimate of drug-likeness (QED) is 0.300. The molecule has 0 unspecified atom stereocenters. The first-order valence-corrected chi connectivity index (χ1v) is 10.2. The van der Waals surface area contributed by atoms with E-state index in [0.717, 1.165) is 18.4 Å². The van der Waals surface area contributed by atoms with Crippen LogP contribution in [-0.2, 0) is 19.3 Å². The fourth-order valence-electron chi connectivity index (χ4n) is 3.90. The van der Waals surface area contributed by atoms with Crippen molar-refractivity contribution in [1.29, 1.82) is 0 Å². The molecule has 0 radical (unpaired) electrons. The highest BCUT2D eigenvalue weighted by atomic mass is 19.2. The number of benzene rings is 3. The van der Waals surface area contributed by atoms with E-state index < -0.39 is 24.1 Å². The lowest BCUT2D eigenvalue weighted by Gasteiger charge is -2.23. The van der Waals surface area contributed by atoms with Crippen LogP contribution in [0.3, 0.4) is 0 Å². The fourth-order valence-corrected chi connectivity index (χ4v) is 3.90. The predicted molar refractivity (Wildman–Crippen MR) is 109 cm³/mol. The van der Waals surface area contributed by atoms with Crippen molar-refractivity contribution in [3.63, 3.8) is 0 Å². The Morgan fingerprint density at radius 2 is 1.57 bits per heavy atom. The minimum Gasteiger partial charge on any atom is -0.450 e. The molecule has 5 heteroatoms. The van der Waals surface area contributed by atoms with Gasteiger partial charge in [-0.15, -0.1) is 0 Å². The van der Waals surface area contributed by atoms with Crippen LogP contribution in [0.4, 0.5) is 17.6 Å². The summed E-state index contributed by atoms with van der Waals surface area (Å²) in [6, 6.07) is 12.3. The highest BCUT2D eigenvalue weighted by molar-refractivity contribution is 5.68. The molecule has 1 aliphatic rings. The summed E-state index contributed by atoms with van der Waals surface area (Å²) in [4.78, 5) is 0. The van der Waals surface area contributed by atoms with Crippen molar-refractivity contribution in [2.75, 3.05) is 6.67 Å². The van der Waals surface area contributed by atoms with Gasteiger partial charge in [-0.25, -0.2) is 8.78 Å². The molecular formula is C25H22F4O. The second-order valence-corrected chi connectivity index (χ2v) is 7.59. The van der Waals surface area contributed by atoms with Crippen molar-refractivity contribution in [1.82, 2.24) is 0 Å². The van der Waals surface area contributed by atoms with Crippen molar-refractivity contribution in [3.05, 3.63) is 82.2 Å². The molecule has 0 saturated carbocycles. The van der Waals surface area contributed by atoms with Gasteiger partial charge in [-0.2, -0.15) is 4.39 Å². The van der Waals surface area contributed by atoms with Gasteiger partial charge in [0.25, 0.3) is 0 Å². The van der Waals surface area contributed by atoms with Crippen molar-refractivity contribution in [2.45, 2.75) is 39.0 Å². The third-order valence-electron chi connectivity index (χ3n) is 5.47. The van der Waals surface area contributed by atoms with Crippen LogP contribution in [0.2, 0.25) is 0 Å². The Balaban J connectivity index is 1.71. The number of alkyl halides is 1. The molecule has 1 nitrogen and oxygen atoms in total. The zero-order valence-electron chi connectivity index (χ0n) is 16.7. The van der Waals surface area contributed by atoms with Crippen molar-refractivity contribution < 1.29 is 22.3 Å². The van der Waals surface area contributed by atoms with Gasteiger partial charge in [0.2, 0.25) is 5.82 Å². The molecule has 156 valence electrons. The normalized spacial score (nSPS) is 12.3.